The Morgan fingerprint density at radius 2 is 2.25 bits per heavy atom. The van der Waals surface area contributed by atoms with Crippen LogP contribution in [0.1, 0.15) is 20.3 Å². The van der Waals surface area contributed by atoms with Crippen LogP contribution in [-0.2, 0) is 3.07 Å². The Morgan fingerprint density at radius 3 is 2.62 bits per heavy atom. The van der Waals surface area contributed by atoms with E-state index in [1.165, 1.54) is 10.8 Å². The Hall–Kier alpha value is 0.690. The van der Waals surface area contributed by atoms with Crippen molar-refractivity contribution in [3.8, 4) is 0 Å². The van der Waals surface area contributed by atoms with Crippen molar-refractivity contribution < 1.29 is 24.7 Å². The van der Waals surface area contributed by atoms with E-state index in [1.54, 1.807) is 0 Å². The van der Waals surface area contributed by atoms with Crippen LogP contribution >= 0.6 is 0 Å². The standard InChI is InChI=1S/C6H12IO/c1-5-3-6(2)8-7-4-5/h5-6H,3-4H2,1-2H3/q-1. The summed E-state index contributed by atoms with van der Waals surface area (Å²) in [5.74, 6) is 0.937. The summed E-state index contributed by atoms with van der Waals surface area (Å²) < 4.78 is 6.82. The minimum absolute atomic E-state index is 0.134. The monoisotopic (exact) mass is 227 g/mol. The number of rotatable bonds is 0. The molecule has 50 valence electrons. The molecule has 1 aliphatic rings. The number of halogens is 1. The van der Waals surface area contributed by atoms with E-state index in [0.29, 0.717) is 6.10 Å². The quantitative estimate of drug-likeness (QED) is 0.359. The van der Waals surface area contributed by atoms with Gasteiger partial charge in [-0.25, -0.2) is 0 Å². The molecule has 1 saturated heterocycles. The topological polar surface area (TPSA) is 9.23 Å². The number of hydrogen-bond donors (Lipinski definition) is 0. The van der Waals surface area contributed by atoms with Crippen LogP contribution in [-0.4, -0.2) is 10.5 Å². The first-order chi connectivity index (χ1) is 3.79. The summed E-state index contributed by atoms with van der Waals surface area (Å²) in [6, 6.07) is 0. The summed E-state index contributed by atoms with van der Waals surface area (Å²) in [5.41, 5.74) is 0. The molecule has 2 heteroatoms. The van der Waals surface area contributed by atoms with Crippen molar-refractivity contribution in [2.75, 3.05) is 4.43 Å². The summed E-state index contributed by atoms with van der Waals surface area (Å²) in [4.78, 5) is 0. The molecule has 0 bridgehead atoms. The van der Waals surface area contributed by atoms with Crippen molar-refractivity contribution in [3.63, 3.8) is 0 Å². The van der Waals surface area contributed by atoms with Gasteiger partial charge in [-0.15, -0.1) is 0 Å². The second-order valence-electron chi connectivity index (χ2n) is 2.50. The number of hydrogen-bond acceptors (Lipinski definition) is 1. The molecule has 0 aromatic carbocycles. The Bertz CT molecular complexity index is 66.9. The van der Waals surface area contributed by atoms with E-state index in [-0.39, 0.29) is 21.6 Å². The second kappa shape index (κ2) is 3.01. The van der Waals surface area contributed by atoms with Gasteiger partial charge in [0, 0.05) is 0 Å². The molecule has 1 aliphatic heterocycles. The maximum absolute atomic E-state index is 5.46. The van der Waals surface area contributed by atoms with Gasteiger partial charge in [0.2, 0.25) is 0 Å². The Morgan fingerprint density at radius 1 is 1.50 bits per heavy atom. The zero-order valence-corrected chi connectivity index (χ0v) is 7.51. The molecule has 1 nitrogen and oxygen atoms in total. The van der Waals surface area contributed by atoms with Gasteiger partial charge in [-0.1, -0.05) is 0 Å². The van der Waals surface area contributed by atoms with Gasteiger partial charge < -0.3 is 0 Å². The van der Waals surface area contributed by atoms with Crippen molar-refractivity contribution in [1.82, 2.24) is 0 Å². The van der Waals surface area contributed by atoms with Crippen LogP contribution < -0.4 is 21.6 Å². The third-order valence-electron chi connectivity index (χ3n) is 1.28. The van der Waals surface area contributed by atoms with E-state index in [2.05, 4.69) is 13.8 Å². The van der Waals surface area contributed by atoms with Gasteiger partial charge in [-0.3, -0.25) is 0 Å². The molecule has 0 aromatic heterocycles. The summed E-state index contributed by atoms with van der Waals surface area (Å²) in [6.45, 7) is 4.49. The minimum atomic E-state index is 0.134. The molecule has 0 N–H and O–H groups in total. The van der Waals surface area contributed by atoms with E-state index in [9.17, 15) is 0 Å². The molecule has 0 radical (unpaired) electrons. The van der Waals surface area contributed by atoms with E-state index in [0.717, 1.165) is 5.92 Å². The molecule has 1 fully saturated rings. The molecule has 0 amide bonds. The average molecular weight is 227 g/mol. The van der Waals surface area contributed by atoms with E-state index in [1.807, 2.05) is 0 Å². The van der Waals surface area contributed by atoms with Crippen molar-refractivity contribution >= 4 is 0 Å². The predicted octanol–water partition coefficient (Wildman–Crippen LogP) is -1.56. The first-order valence-electron chi connectivity index (χ1n) is 3.04. The normalized spacial score (nSPS) is 40.8. The van der Waals surface area contributed by atoms with Crippen molar-refractivity contribution in [1.29, 1.82) is 0 Å². The van der Waals surface area contributed by atoms with Crippen molar-refractivity contribution in [2.24, 2.45) is 5.92 Å². The van der Waals surface area contributed by atoms with E-state index < -0.39 is 0 Å². The van der Waals surface area contributed by atoms with Gasteiger partial charge in [-0.05, 0) is 0 Å². The molecular weight excluding hydrogens is 215 g/mol. The summed E-state index contributed by atoms with van der Waals surface area (Å²) in [5, 5.41) is 0. The van der Waals surface area contributed by atoms with Crippen molar-refractivity contribution in [2.45, 2.75) is 26.4 Å². The van der Waals surface area contributed by atoms with Crippen molar-refractivity contribution in [3.05, 3.63) is 0 Å². The van der Waals surface area contributed by atoms with Gasteiger partial charge in [0.1, 0.15) is 0 Å². The van der Waals surface area contributed by atoms with Crippen LogP contribution in [0.15, 0.2) is 0 Å². The zero-order valence-electron chi connectivity index (χ0n) is 5.36. The molecular formula is C6H12IO-. The van der Waals surface area contributed by atoms with Gasteiger partial charge in [-0.2, -0.15) is 0 Å². The van der Waals surface area contributed by atoms with E-state index in [4.69, 9.17) is 3.07 Å². The van der Waals surface area contributed by atoms with Crippen LogP contribution in [0.4, 0.5) is 0 Å². The summed E-state index contributed by atoms with van der Waals surface area (Å²) >= 11 is 0.134. The van der Waals surface area contributed by atoms with Crippen LogP contribution in [0.5, 0.6) is 0 Å². The number of alkyl halides is 1. The molecule has 2 atom stereocenters. The Labute approximate surface area is 61.6 Å². The van der Waals surface area contributed by atoms with Crippen LogP contribution in [0.2, 0.25) is 0 Å². The fourth-order valence-corrected chi connectivity index (χ4v) is 2.92. The first-order valence-corrected chi connectivity index (χ1v) is 5.44. The summed E-state index contributed by atoms with van der Waals surface area (Å²) in [7, 11) is 0. The molecule has 8 heavy (non-hydrogen) atoms. The Kier molecular flexibility index (Phi) is 2.56. The summed E-state index contributed by atoms with van der Waals surface area (Å²) in [6.07, 6.45) is 1.84. The van der Waals surface area contributed by atoms with Crippen LogP contribution in [0, 0.1) is 5.92 Å². The maximum atomic E-state index is 5.46. The van der Waals surface area contributed by atoms with Gasteiger partial charge in [0.15, 0.2) is 0 Å². The molecule has 0 aromatic rings. The molecule has 0 spiro atoms. The van der Waals surface area contributed by atoms with Crippen LogP contribution in [0.25, 0.3) is 0 Å². The van der Waals surface area contributed by atoms with E-state index >= 15 is 0 Å². The van der Waals surface area contributed by atoms with Gasteiger partial charge >= 0.3 is 61.4 Å². The predicted molar refractivity (Wildman–Crippen MR) is 29.2 cm³/mol. The van der Waals surface area contributed by atoms with Gasteiger partial charge in [0.05, 0.1) is 0 Å². The fraction of sp³-hybridized carbons (Fsp3) is 1.00. The zero-order chi connectivity index (χ0) is 5.98. The molecule has 1 rings (SSSR count). The molecule has 0 aliphatic carbocycles. The third-order valence-corrected chi connectivity index (χ3v) is 4.37. The molecule has 1 heterocycles. The average Bonchev–Trinajstić information content (AvgIpc) is 1.64. The Balaban J connectivity index is 2.23. The fourth-order valence-electron chi connectivity index (χ4n) is 0.917. The SMILES string of the molecule is CC1C[I-]OC(C)C1. The molecule has 0 saturated carbocycles. The molecule has 2 unspecified atom stereocenters. The second-order valence-corrected chi connectivity index (χ2v) is 4.52. The van der Waals surface area contributed by atoms with Gasteiger partial charge in [0.25, 0.3) is 0 Å². The third kappa shape index (κ3) is 1.90. The van der Waals surface area contributed by atoms with Crippen LogP contribution in [0.3, 0.4) is 0 Å². The first kappa shape index (κ1) is 6.81.